The first-order valence-corrected chi connectivity index (χ1v) is 7.43. The molecule has 0 fully saturated rings. The number of aryl methyl sites for hydroxylation is 1. The highest BCUT2D eigenvalue weighted by molar-refractivity contribution is 5.45. The van der Waals surface area contributed by atoms with Crippen molar-refractivity contribution in [3.05, 3.63) is 41.5 Å². The number of anilines is 2. The first kappa shape index (κ1) is 15.0. The predicted molar refractivity (Wildman–Crippen MR) is 88.5 cm³/mol. The quantitative estimate of drug-likeness (QED) is 0.740. The van der Waals surface area contributed by atoms with Crippen LogP contribution in [0.5, 0.6) is 0 Å². The fourth-order valence-corrected chi connectivity index (χ4v) is 2.36. The number of nitrogens with zero attached hydrogens (tertiary/aromatic N) is 6. The molecule has 23 heavy (non-hydrogen) atoms. The number of nitrogens with two attached hydrogens (primary N) is 1. The Balaban J connectivity index is 1.70. The van der Waals surface area contributed by atoms with Gasteiger partial charge in [0.15, 0.2) is 5.82 Å². The Morgan fingerprint density at radius 3 is 2.70 bits per heavy atom. The Morgan fingerprint density at radius 1 is 1.22 bits per heavy atom. The van der Waals surface area contributed by atoms with Crippen LogP contribution in [0.25, 0.3) is 5.82 Å². The standard InChI is InChI=1S/C15H20N8/c1-10-11(2)21-22(12(10)3)8-6-17-13-9-14(20-15(16)19-13)23-7-4-5-18-23/h4-5,7,9H,6,8H2,1-3H3,(H3,16,17,19,20). The van der Waals surface area contributed by atoms with Crippen LogP contribution in [0.2, 0.25) is 0 Å². The van der Waals surface area contributed by atoms with E-state index in [1.807, 2.05) is 29.9 Å². The lowest BCUT2D eigenvalue weighted by Gasteiger charge is -2.09. The van der Waals surface area contributed by atoms with Crippen LogP contribution in [-0.2, 0) is 6.54 Å². The number of aromatic nitrogens is 6. The number of hydrogen-bond acceptors (Lipinski definition) is 6. The molecular weight excluding hydrogens is 292 g/mol. The Hall–Kier alpha value is -2.90. The van der Waals surface area contributed by atoms with Gasteiger partial charge in [-0.1, -0.05) is 0 Å². The van der Waals surface area contributed by atoms with Crippen molar-refractivity contribution in [2.45, 2.75) is 27.3 Å². The summed E-state index contributed by atoms with van der Waals surface area (Å²) in [5.41, 5.74) is 9.26. The molecule has 120 valence electrons. The molecule has 3 rings (SSSR count). The molecule has 0 amide bonds. The first-order chi connectivity index (χ1) is 11.0. The van der Waals surface area contributed by atoms with Crippen molar-refractivity contribution in [2.24, 2.45) is 0 Å². The molecule has 0 saturated heterocycles. The van der Waals surface area contributed by atoms with Crippen LogP contribution in [0.4, 0.5) is 11.8 Å². The van der Waals surface area contributed by atoms with Gasteiger partial charge >= 0.3 is 0 Å². The maximum atomic E-state index is 5.77. The summed E-state index contributed by atoms with van der Waals surface area (Å²) in [6.45, 7) is 7.63. The van der Waals surface area contributed by atoms with Crippen LogP contribution in [0.15, 0.2) is 24.5 Å². The van der Waals surface area contributed by atoms with Gasteiger partial charge in [0.1, 0.15) is 5.82 Å². The molecule has 0 unspecified atom stereocenters. The average molecular weight is 312 g/mol. The SMILES string of the molecule is Cc1nn(CCNc2cc(-n3cccn3)nc(N)n2)c(C)c1C. The summed E-state index contributed by atoms with van der Waals surface area (Å²) in [4.78, 5) is 8.39. The van der Waals surface area contributed by atoms with Crippen LogP contribution in [0, 0.1) is 20.8 Å². The average Bonchev–Trinajstić information content (AvgIpc) is 3.13. The number of hydrogen-bond donors (Lipinski definition) is 2. The van der Waals surface area contributed by atoms with Gasteiger partial charge in [-0.25, -0.2) is 4.68 Å². The topological polar surface area (TPSA) is 99.5 Å². The molecule has 0 aliphatic rings. The summed E-state index contributed by atoms with van der Waals surface area (Å²) in [7, 11) is 0. The molecule has 0 bridgehead atoms. The molecule has 0 saturated carbocycles. The van der Waals surface area contributed by atoms with Crippen molar-refractivity contribution in [1.82, 2.24) is 29.5 Å². The Labute approximate surface area is 134 Å². The van der Waals surface area contributed by atoms with Crippen molar-refractivity contribution < 1.29 is 0 Å². The minimum atomic E-state index is 0.211. The Kier molecular flexibility index (Phi) is 3.96. The van der Waals surface area contributed by atoms with E-state index in [-0.39, 0.29) is 5.95 Å². The highest BCUT2D eigenvalue weighted by atomic mass is 15.3. The van der Waals surface area contributed by atoms with Gasteiger partial charge in [-0.05, 0) is 32.4 Å². The molecule has 3 aromatic rings. The predicted octanol–water partition coefficient (Wildman–Crippen LogP) is 1.48. The zero-order valence-electron chi connectivity index (χ0n) is 13.5. The highest BCUT2D eigenvalue weighted by Gasteiger charge is 2.08. The van der Waals surface area contributed by atoms with Gasteiger partial charge < -0.3 is 11.1 Å². The van der Waals surface area contributed by atoms with Gasteiger partial charge in [0.25, 0.3) is 0 Å². The van der Waals surface area contributed by atoms with Crippen molar-refractivity contribution in [1.29, 1.82) is 0 Å². The lowest BCUT2D eigenvalue weighted by molar-refractivity contribution is 0.614. The summed E-state index contributed by atoms with van der Waals surface area (Å²) < 4.78 is 3.64. The maximum absolute atomic E-state index is 5.77. The lowest BCUT2D eigenvalue weighted by Crippen LogP contribution is -2.15. The third-order valence-corrected chi connectivity index (χ3v) is 3.84. The van der Waals surface area contributed by atoms with Crippen molar-refractivity contribution in [3.8, 4) is 5.82 Å². The number of rotatable bonds is 5. The van der Waals surface area contributed by atoms with E-state index in [0.717, 1.165) is 12.2 Å². The third-order valence-electron chi connectivity index (χ3n) is 3.84. The van der Waals surface area contributed by atoms with E-state index >= 15 is 0 Å². The molecule has 8 nitrogen and oxygen atoms in total. The van der Waals surface area contributed by atoms with Gasteiger partial charge in [-0.3, -0.25) is 4.68 Å². The van der Waals surface area contributed by atoms with Crippen LogP contribution >= 0.6 is 0 Å². The molecule has 0 aliphatic carbocycles. The first-order valence-electron chi connectivity index (χ1n) is 7.43. The van der Waals surface area contributed by atoms with Gasteiger partial charge in [0.2, 0.25) is 5.95 Å². The van der Waals surface area contributed by atoms with Crippen LogP contribution in [0.3, 0.4) is 0 Å². The van der Waals surface area contributed by atoms with Crippen LogP contribution in [0.1, 0.15) is 17.0 Å². The zero-order chi connectivity index (χ0) is 16.4. The molecule has 0 spiro atoms. The van der Waals surface area contributed by atoms with E-state index < -0.39 is 0 Å². The molecule has 0 atom stereocenters. The second kappa shape index (κ2) is 6.07. The minimum Gasteiger partial charge on any atom is -0.368 e. The van der Waals surface area contributed by atoms with E-state index in [1.54, 1.807) is 10.9 Å². The van der Waals surface area contributed by atoms with E-state index in [9.17, 15) is 0 Å². The number of nitrogens with one attached hydrogen (secondary N) is 1. The highest BCUT2D eigenvalue weighted by Crippen LogP contribution is 2.13. The van der Waals surface area contributed by atoms with Crippen LogP contribution in [-0.4, -0.2) is 36.1 Å². The molecule has 3 heterocycles. The second-order valence-corrected chi connectivity index (χ2v) is 5.37. The van der Waals surface area contributed by atoms with Crippen molar-refractivity contribution >= 4 is 11.8 Å². The van der Waals surface area contributed by atoms with Gasteiger partial charge in [-0.15, -0.1) is 0 Å². The summed E-state index contributed by atoms with van der Waals surface area (Å²) >= 11 is 0. The molecular formula is C15H20N8. The smallest absolute Gasteiger partial charge is 0.224 e. The molecule has 0 radical (unpaired) electrons. The van der Waals surface area contributed by atoms with Gasteiger partial charge in [0, 0.05) is 30.7 Å². The summed E-state index contributed by atoms with van der Waals surface area (Å²) in [5.74, 6) is 1.51. The maximum Gasteiger partial charge on any atom is 0.224 e. The molecule has 0 aliphatic heterocycles. The summed E-state index contributed by atoms with van der Waals surface area (Å²) in [5, 5.41) is 11.9. The van der Waals surface area contributed by atoms with E-state index in [2.05, 4.69) is 39.3 Å². The lowest BCUT2D eigenvalue weighted by atomic mass is 10.2. The fraction of sp³-hybridized carbons (Fsp3) is 0.333. The Morgan fingerprint density at radius 2 is 2.04 bits per heavy atom. The van der Waals surface area contributed by atoms with Gasteiger partial charge in [-0.2, -0.15) is 20.2 Å². The molecule has 8 heteroatoms. The van der Waals surface area contributed by atoms with E-state index in [0.29, 0.717) is 18.2 Å². The second-order valence-electron chi connectivity index (χ2n) is 5.37. The summed E-state index contributed by atoms with van der Waals surface area (Å²) in [6.07, 6.45) is 3.50. The minimum absolute atomic E-state index is 0.211. The fourth-order valence-electron chi connectivity index (χ4n) is 2.36. The van der Waals surface area contributed by atoms with Crippen molar-refractivity contribution in [3.63, 3.8) is 0 Å². The van der Waals surface area contributed by atoms with Crippen molar-refractivity contribution in [2.75, 3.05) is 17.6 Å². The van der Waals surface area contributed by atoms with Crippen LogP contribution < -0.4 is 11.1 Å². The van der Waals surface area contributed by atoms with Gasteiger partial charge in [0.05, 0.1) is 12.2 Å². The third kappa shape index (κ3) is 3.15. The summed E-state index contributed by atoms with van der Waals surface area (Å²) in [6, 6.07) is 3.65. The largest absolute Gasteiger partial charge is 0.368 e. The molecule has 3 aromatic heterocycles. The van der Waals surface area contributed by atoms with E-state index in [1.165, 1.54) is 11.3 Å². The normalized spacial score (nSPS) is 10.9. The number of nitrogen functional groups attached to an aromatic ring is 1. The monoisotopic (exact) mass is 312 g/mol. The Bertz CT molecular complexity index is 803. The molecule has 3 N–H and O–H groups in total. The van der Waals surface area contributed by atoms with E-state index in [4.69, 9.17) is 5.73 Å². The zero-order valence-corrected chi connectivity index (χ0v) is 13.5. The molecule has 0 aromatic carbocycles.